The van der Waals surface area contributed by atoms with E-state index in [1.54, 1.807) is 14.0 Å². The highest BCUT2D eigenvalue weighted by atomic mass is 16.5. The van der Waals surface area contributed by atoms with E-state index in [2.05, 4.69) is 0 Å². The summed E-state index contributed by atoms with van der Waals surface area (Å²) in [4.78, 5) is 0. The molecule has 0 amide bonds. The van der Waals surface area contributed by atoms with E-state index in [1.807, 2.05) is 24.3 Å². The van der Waals surface area contributed by atoms with Crippen molar-refractivity contribution in [1.29, 1.82) is 0 Å². The Morgan fingerprint density at radius 2 is 1.76 bits per heavy atom. The Balaban J connectivity index is 2.22. The first-order valence-corrected chi connectivity index (χ1v) is 7.26. The Morgan fingerprint density at radius 3 is 2.38 bits per heavy atom. The number of ether oxygens (including phenoxy) is 3. The molecule has 0 spiro atoms. The normalized spacial score (nSPS) is 13.9. The lowest BCUT2D eigenvalue weighted by atomic mass is 10.1. The van der Waals surface area contributed by atoms with Crippen LogP contribution in [-0.4, -0.2) is 56.0 Å². The zero-order chi connectivity index (χ0) is 15.5. The fourth-order valence-corrected chi connectivity index (χ4v) is 1.73. The van der Waals surface area contributed by atoms with Crippen molar-refractivity contribution in [3.63, 3.8) is 0 Å². The minimum atomic E-state index is -0.656. The predicted octanol–water partition coefficient (Wildman–Crippen LogP) is 1.40. The third kappa shape index (κ3) is 8.67. The van der Waals surface area contributed by atoms with Gasteiger partial charge >= 0.3 is 0 Å². The molecule has 0 fully saturated rings. The van der Waals surface area contributed by atoms with Crippen LogP contribution in [0.5, 0.6) is 5.75 Å². The van der Waals surface area contributed by atoms with Crippen LogP contribution in [0.15, 0.2) is 24.3 Å². The Morgan fingerprint density at radius 1 is 1.05 bits per heavy atom. The van der Waals surface area contributed by atoms with Crippen LogP contribution in [0.1, 0.15) is 18.9 Å². The predicted molar refractivity (Wildman–Crippen MR) is 80.6 cm³/mol. The summed E-state index contributed by atoms with van der Waals surface area (Å²) in [6, 6.07) is 7.68. The average Bonchev–Trinajstić information content (AvgIpc) is 2.48. The molecule has 1 aromatic carbocycles. The van der Waals surface area contributed by atoms with Crippen LogP contribution < -0.4 is 4.74 Å². The third-order valence-electron chi connectivity index (χ3n) is 2.96. The topological polar surface area (TPSA) is 68.2 Å². The van der Waals surface area contributed by atoms with Crippen LogP contribution in [0.2, 0.25) is 0 Å². The number of methoxy groups -OCH3 is 1. The lowest BCUT2D eigenvalue weighted by Gasteiger charge is -2.13. The van der Waals surface area contributed by atoms with Crippen LogP contribution in [0.25, 0.3) is 0 Å². The molecule has 0 radical (unpaired) electrons. The second kappa shape index (κ2) is 10.6. The molecule has 2 atom stereocenters. The van der Waals surface area contributed by atoms with E-state index in [4.69, 9.17) is 14.2 Å². The van der Waals surface area contributed by atoms with E-state index in [9.17, 15) is 10.2 Å². The summed E-state index contributed by atoms with van der Waals surface area (Å²) >= 11 is 0. The van der Waals surface area contributed by atoms with Crippen LogP contribution in [0.4, 0.5) is 0 Å². The summed E-state index contributed by atoms with van der Waals surface area (Å²) in [7, 11) is 1.60. The summed E-state index contributed by atoms with van der Waals surface area (Å²) in [6.07, 6.45) is 0.650. The fraction of sp³-hybridized carbons (Fsp3) is 0.625. The van der Waals surface area contributed by atoms with E-state index in [0.29, 0.717) is 19.0 Å². The van der Waals surface area contributed by atoms with Crippen LogP contribution in [-0.2, 0) is 15.9 Å². The summed E-state index contributed by atoms with van der Waals surface area (Å²) in [6.45, 7) is 3.19. The van der Waals surface area contributed by atoms with Gasteiger partial charge in [0.05, 0.1) is 25.9 Å². The molecule has 0 aliphatic heterocycles. The van der Waals surface area contributed by atoms with Crippen molar-refractivity contribution in [1.82, 2.24) is 0 Å². The lowest BCUT2D eigenvalue weighted by molar-refractivity contribution is -0.00419. The number of hydrogen-bond acceptors (Lipinski definition) is 5. The summed E-state index contributed by atoms with van der Waals surface area (Å²) in [5.74, 6) is 0.715. The molecule has 0 aliphatic carbocycles. The number of aryl methyl sites for hydroxylation is 1. The molecule has 5 heteroatoms. The van der Waals surface area contributed by atoms with Crippen molar-refractivity contribution < 1.29 is 24.4 Å². The largest absolute Gasteiger partial charge is 0.491 e. The Kier molecular flexibility index (Phi) is 9.01. The molecule has 0 saturated heterocycles. The van der Waals surface area contributed by atoms with Gasteiger partial charge in [-0.05, 0) is 37.5 Å². The molecule has 2 unspecified atom stereocenters. The molecule has 21 heavy (non-hydrogen) atoms. The third-order valence-corrected chi connectivity index (χ3v) is 2.96. The highest BCUT2D eigenvalue weighted by molar-refractivity contribution is 5.27. The van der Waals surface area contributed by atoms with Gasteiger partial charge in [0.1, 0.15) is 18.5 Å². The average molecular weight is 298 g/mol. The number of benzene rings is 1. The molecular weight excluding hydrogens is 272 g/mol. The molecule has 120 valence electrons. The van der Waals surface area contributed by atoms with Gasteiger partial charge in [0, 0.05) is 7.11 Å². The number of hydrogen-bond donors (Lipinski definition) is 2. The molecular formula is C16H26O5. The highest BCUT2D eigenvalue weighted by Crippen LogP contribution is 2.14. The van der Waals surface area contributed by atoms with Crippen LogP contribution >= 0.6 is 0 Å². The molecule has 0 bridgehead atoms. The molecule has 0 heterocycles. The van der Waals surface area contributed by atoms with Gasteiger partial charge in [-0.1, -0.05) is 12.1 Å². The number of aliphatic hydroxyl groups is 2. The fourth-order valence-electron chi connectivity index (χ4n) is 1.73. The van der Waals surface area contributed by atoms with Crippen molar-refractivity contribution >= 4 is 0 Å². The molecule has 2 N–H and O–H groups in total. The monoisotopic (exact) mass is 298 g/mol. The lowest BCUT2D eigenvalue weighted by Crippen LogP contribution is -2.24. The van der Waals surface area contributed by atoms with Gasteiger partial charge in [0.25, 0.3) is 0 Å². The van der Waals surface area contributed by atoms with Crippen molar-refractivity contribution in [2.45, 2.75) is 32.0 Å². The maximum Gasteiger partial charge on any atom is 0.119 e. The number of aliphatic hydroxyl groups excluding tert-OH is 2. The van der Waals surface area contributed by atoms with E-state index < -0.39 is 6.10 Å². The van der Waals surface area contributed by atoms with E-state index >= 15 is 0 Å². The summed E-state index contributed by atoms with van der Waals surface area (Å²) < 4.78 is 15.6. The first-order chi connectivity index (χ1) is 10.1. The zero-order valence-corrected chi connectivity index (χ0v) is 12.8. The van der Waals surface area contributed by atoms with E-state index in [0.717, 1.165) is 18.4 Å². The van der Waals surface area contributed by atoms with E-state index in [-0.39, 0.29) is 19.3 Å². The van der Waals surface area contributed by atoms with Crippen molar-refractivity contribution in [3.8, 4) is 5.75 Å². The standard InChI is InChI=1S/C16H26O5/c1-13(17)3-4-14-5-7-16(8-6-14)21-12-15(18)11-20-10-9-19-2/h5-8,13,15,17-18H,3-4,9-12H2,1-2H3. The minimum Gasteiger partial charge on any atom is -0.491 e. The van der Waals surface area contributed by atoms with Crippen molar-refractivity contribution in [3.05, 3.63) is 29.8 Å². The van der Waals surface area contributed by atoms with Gasteiger partial charge in [0.15, 0.2) is 0 Å². The van der Waals surface area contributed by atoms with Gasteiger partial charge in [-0.3, -0.25) is 0 Å². The first kappa shape index (κ1) is 17.9. The quantitative estimate of drug-likeness (QED) is 0.605. The molecule has 1 aromatic rings. The SMILES string of the molecule is COCCOCC(O)COc1ccc(CCC(C)O)cc1. The number of rotatable bonds is 11. The summed E-state index contributed by atoms with van der Waals surface area (Å²) in [5.41, 5.74) is 1.16. The van der Waals surface area contributed by atoms with Crippen molar-refractivity contribution in [2.24, 2.45) is 0 Å². The summed E-state index contributed by atoms with van der Waals surface area (Å²) in [5, 5.41) is 18.9. The maximum atomic E-state index is 9.69. The molecule has 0 saturated carbocycles. The smallest absolute Gasteiger partial charge is 0.119 e. The van der Waals surface area contributed by atoms with Gasteiger partial charge in [0.2, 0.25) is 0 Å². The van der Waals surface area contributed by atoms with Crippen LogP contribution in [0, 0.1) is 0 Å². The van der Waals surface area contributed by atoms with E-state index in [1.165, 1.54) is 0 Å². The molecule has 5 nitrogen and oxygen atoms in total. The van der Waals surface area contributed by atoms with Gasteiger partial charge in [-0.15, -0.1) is 0 Å². The highest BCUT2D eigenvalue weighted by Gasteiger charge is 2.06. The van der Waals surface area contributed by atoms with Crippen molar-refractivity contribution in [2.75, 3.05) is 33.5 Å². The van der Waals surface area contributed by atoms with Gasteiger partial charge in [-0.25, -0.2) is 0 Å². The Bertz CT molecular complexity index is 363. The first-order valence-electron chi connectivity index (χ1n) is 7.26. The maximum absolute atomic E-state index is 9.69. The Hall–Kier alpha value is -1.14. The Labute approximate surface area is 126 Å². The van der Waals surface area contributed by atoms with Crippen LogP contribution in [0.3, 0.4) is 0 Å². The minimum absolute atomic E-state index is 0.194. The van der Waals surface area contributed by atoms with Gasteiger partial charge in [-0.2, -0.15) is 0 Å². The second-order valence-electron chi connectivity index (χ2n) is 5.06. The molecule has 0 aliphatic rings. The second-order valence-corrected chi connectivity index (χ2v) is 5.06. The molecule has 0 aromatic heterocycles. The van der Waals surface area contributed by atoms with Gasteiger partial charge < -0.3 is 24.4 Å². The zero-order valence-electron chi connectivity index (χ0n) is 12.8. The molecule has 1 rings (SSSR count).